The van der Waals surface area contributed by atoms with E-state index in [1.807, 2.05) is 6.92 Å². The Morgan fingerprint density at radius 2 is 2.19 bits per heavy atom. The van der Waals surface area contributed by atoms with Crippen LogP contribution in [0.3, 0.4) is 0 Å². The zero-order chi connectivity index (χ0) is 15.5. The van der Waals surface area contributed by atoms with Gasteiger partial charge >= 0.3 is 0 Å². The second-order valence-corrected chi connectivity index (χ2v) is 6.15. The highest BCUT2D eigenvalue weighted by molar-refractivity contribution is 5.20. The lowest BCUT2D eigenvalue weighted by atomic mass is 9.74. The lowest BCUT2D eigenvalue weighted by molar-refractivity contribution is -0.147. The topological polar surface area (TPSA) is 29.5 Å². The molecule has 0 saturated heterocycles. The van der Waals surface area contributed by atoms with Gasteiger partial charge in [-0.05, 0) is 49.4 Å². The Morgan fingerprint density at radius 3 is 2.86 bits per heavy atom. The standard InChI is InChI=1S/C17H24F2O2/c1-3-21-17(8-4-5-12(2)11-17)16(20)10-13-9-14(18)6-7-15(13)19/h6-7,9,12,16,20H,3-5,8,10-11H2,1-2H3. The summed E-state index contributed by atoms with van der Waals surface area (Å²) in [6.45, 7) is 4.55. The summed E-state index contributed by atoms with van der Waals surface area (Å²) in [6.07, 6.45) is 2.90. The minimum atomic E-state index is -0.823. The Labute approximate surface area is 125 Å². The Balaban J connectivity index is 2.18. The third-order valence-electron chi connectivity index (χ3n) is 4.45. The molecule has 0 spiro atoms. The van der Waals surface area contributed by atoms with Gasteiger partial charge in [-0.2, -0.15) is 0 Å². The number of hydrogen-bond acceptors (Lipinski definition) is 2. The van der Waals surface area contributed by atoms with Gasteiger partial charge in [0.05, 0.1) is 11.7 Å². The van der Waals surface area contributed by atoms with Crippen molar-refractivity contribution < 1.29 is 18.6 Å². The molecule has 1 N–H and O–H groups in total. The summed E-state index contributed by atoms with van der Waals surface area (Å²) in [7, 11) is 0. The number of hydrogen-bond donors (Lipinski definition) is 1. The molecular weight excluding hydrogens is 274 g/mol. The number of rotatable bonds is 5. The maximum atomic E-state index is 13.8. The smallest absolute Gasteiger partial charge is 0.126 e. The molecule has 1 aliphatic rings. The lowest BCUT2D eigenvalue weighted by Crippen LogP contribution is -2.49. The zero-order valence-electron chi connectivity index (χ0n) is 12.7. The number of halogens is 2. The molecule has 0 aromatic heterocycles. The largest absolute Gasteiger partial charge is 0.390 e. The minimum absolute atomic E-state index is 0.0797. The van der Waals surface area contributed by atoms with Crippen LogP contribution in [-0.4, -0.2) is 23.4 Å². The van der Waals surface area contributed by atoms with Crippen LogP contribution in [0.4, 0.5) is 8.78 Å². The fourth-order valence-corrected chi connectivity index (χ4v) is 3.46. The van der Waals surface area contributed by atoms with Gasteiger partial charge < -0.3 is 9.84 Å². The van der Waals surface area contributed by atoms with E-state index in [1.165, 1.54) is 0 Å². The first-order chi connectivity index (χ1) is 9.97. The fraction of sp³-hybridized carbons (Fsp3) is 0.647. The van der Waals surface area contributed by atoms with Crippen LogP contribution in [0.1, 0.15) is 45.1 Å². The maximum absolute atomic E-state index is 13.8. The maximum Gasteiger partial charge on any atom is 0.126 e. The molecule has 2 rings (SSSR count). The van der Waals surface area contributed by atoms with Gasteiger partial charge in [-0.1, -0.05) is 19.8 Å². The molecule has 0 radical (unpaired) electrons. The second-order valence-electron chi connectivity index (χ2n) is 6.15. The van der Waals surface area contributed by atoms with E-state index in [9.17, 15) is 13.9 Å². The molecule has 1 aromatic carbocycles. The molecule has 0 amide bonds. The van der Waals surface area contributed by atoms with Crippen LogP contribution < -0.4 is 0 Å². The first-order valence-corrected chi connectivity index (χ1v) is 7.73. The number of aliphatic hydroxyl groups excluding tert-OH is 1. The van der Waals surface area contributed by atoms with E-state index in [2.05, 4.69) is 6.92 Å². The van der Waals surface area contributed by atoms with Crippen molar-refractivity contribution in [1.29, 1.82) is 0 Å². The molecule has 21 heavy (non-hydrogen) atoms. The van der Waals surface area contributed by atoms with Gasteiger partial charge in [0, 0.05) is 13.0 Å². The van der Waals surface area contributed by atoms with Gasteiger partial charge in [0.2, 0.25) is 0 Å². The molecule has 4 heteroatoms. The van der Waals surface area contributed by atoms with Crippen molar-refractivity contribution in [2.75, 3.05) is 6.61 Å². The van der Waals surface area contributed by atoms with E-state index in [4.69, 9.17) is 4.74 Å². The zero-order valence-corrected chi connectivity index (χ0v) is 12.7. The highest BCUT2D eigenvalue weighted by Gasteiger charge is 2.42. The van der Waals surface area contributed by atoms with E-state index in [1.54, 1.807) is 0 Å². The van der Waals surface area contributed by atoms with Crippen LogP contribution in [0.5, 0.6) is 0 Å². The molecule has 1 aliphatic carbocycles. The van der Waals surface area contributed by atoms with Gasteiger partial charge in [-0.15, -0.1) is 0 Å². The Hall–Kier alpha value is -1.00. The van der Waals surface area contributed by atoms with Crippen LogP contribution in [0.2, 0.25) is 0 Å². The summed E-state index contributed by atoms with van der Waals surface area (Å²) in [5.41, 5.74) is -0.426. The molecule has 0 aliphatic heterocycles. The van der Waals surface area contributed by atoms with Gasteiger partial charge in [-0.25, -0.2) is 8.78 Å². The van der Waals surface area contributed by atoms with Crippen LogP contribution >= 0.6 is 0 Å². The molecule has 0 heterocycles. The van der Waals surface area contributed by atoms with E-state index < -0.39 is 23.3 Å². The number of aliphatic hydroxyl groups is 1. The van der Waals surface area contributed by atoms with Crippen molar-refractivity contribution in [3.05, 3.63) is 35.4 Å². The average molecular weight is 298 g/mol. The van der Waals surface area contributed by atoms with E-state index in [0.717, 1.165) is 43.9 Å². The van der Waals surface area contributed by atoms with E-state index in [-0.39, 0.29) is 12.0 Å². The summed E-state index contributed by atoms with van der Waals surface area (Å²) in [4.78, 5) is 0. The van der Waals surface area contributed by atoms with Crippen molar-refractivity contribution in [2.24, 2.45) is 5.92 Å². The highest BCUT2D eigenvalue weighted by atomic mass is 19.1. The summed E-state index contributed by atoms with van der Waals surface area (Å²) < 4.78 is 32.9. The normalized spacial score (nSPS) is 27.6. The average Bonchev–Trinajstić information content (AvgIpc) is 2.43. The van der Waals surface area contributed by atoms with Gasteiger partial charge in [0.15, 0.2) is 0 Å². The Bertz CT molecular complexity index is 474. The van der Waals surface area contributed by atoms with Crippen LogP contribution in [0, 0.1) is 17.6 Å². The molecule has 3 unspecified atom stereocenters. The van der Waals surface area contributed by atoms with E-state index in [0.29, 0.717) is 12.5 Å². The van der Waals surface area contributed by atoms with Crippen molar-refractivity contribution in [2.45, 2.75) is 57.7 Å². The van der Waals surface area contributed by atoms with Crippen molar-refractivity contribution in [1.82, 2.24) is 0 Å². The van der Waals surface area contributed by atoms with Crippen LogP contribution in [0.25, 0.3) is 0 Å². The van der Waals surface area contributed by atoms with Crippen molar-refractivity contribution in [3.8, 4) is 0 Å². The first-order valence-electron chi connectivity index (χ1n) is 7.73. The summed E-state index contributed by atoms with van der Waals surface area (Å²) in [5.74, 6) is -0.496. The van der Waals surface area contributed by atoms with Crippen molar-refractivity contribution in [3.63, 3.8) is 0 Å². The van der Waals surface area contributed by atoms with Gasteiger partial charge in [0.25, 0.3) is 0 Å². The number of ether oxygens (including phenoxy) is 1. The molecule has 2 nitrogen and oxygen atoms in total. The molecule has 118 valence electrons. The third-order valence-corrected chi connectivity index (χ3v) is 4.45. The summed E-state index contributed by atoms with van der Waals surface area (Å²) in [5, 5.41) is 10.6. The fourth-order valence-electron chi connectivity index (χ4n) is 3.46. The predicted octanol–water partition coefficient (Wildman–Crippen LogP) is 3.85. The second kappa shape index (κ2) is 6.84. The molecule has 0 bridgehead atoms. The van der Waals surface area contributed by atoms with E-state index >= 15 is 0 Å². The monoisotopic (exact) mass is 298 g/mol. The molecule has 1 aromatic rings. The van der Waals surface area contributed by atoms with Gasteiger partial charge in [0.1, 0.15) is 11.6 Å². The molecule has 1 fully saturated rings. The lowest BCUT2D eigenvalue weighted by Gasteiger charge is -2.43. The van der Waals surface area contributed by atoms with Crippen molar-refractivity contribution >= 4 is 0 Å². The minimum Gasteiger partial charge on any atom is -0.390 e. The molecule has 3 atom stereocenters. The summed E-state index contributed by atoms with van der Waals surface area (Å²) in [6, 6.07) is 3.35. The molecule has 1 saturated carbocycles. The Kier molecular flexibility index (Phi) is 5.33. The quantitative estimate of drug-likeness (QED) is 0.894. The van der Waals surface area contributed by atoms with Crippen LogP contribution in [-0.2, 0) is 11.2 Å². The molecular formula is C17H24F2O2. The Morgan fingerprint density at radius 1 is 1.43 bits per heavy atom. The predicted molar refractivity (Wildman–Crippen MR) is 78.1 cm³/mol. The SMILES string of the molecule is CCOC1(C(O)Cc2cc(F)ccc2F)CCCC(C)C1. The van der Waals surface area contributed by atoms with Gasteiger partial charge in [-0.3, -0.25) is 0 Å². The third kappa shape index (κ3) is 3.80. The highest BCUT2D eigenvalue weighted by Crippen LogP contribution is 2.38. The van der Waals surface area contributed by atoms with Crippen LogP contribution in [0.15, 0.2) is 18.2 Å². The summed E-state index contributed by atoms with van der Waals surface area (Å²) >= 11 is 0. The first kappa shape index (κ1) is 16.4. The number of benzene rings is 1.